The van der Waals surface area contributed by atoms with E-state index in [1.165, 1.54) is 12.1 Å². The summed E-state index contributed by atoms with van der Waals surface area (Å²) in [5.74, 6) is -0.935. The highest BCUT2D eigenvalue weighted by atomic mass is 32.2. The first kappa shape index (κ1) is 17.4. The van der Waals surface area contributed by atoms with E-state index in [0.717, 1.165) is 21.9 Å². The summed E-state index contributed by atoms with van der Waals surface area (Å²) in [6, 6.07) is 5.05. The number of allylic oxidation sites excluding steroid dienone is 1. The summed E-state index contributed by atoms with van der Waals surface area (Å²) < 4.78 is 33.2. The van der Waals surface area contributed by atoms with Crippen LogP contribution in [0.3, 0.4) is 0 Å². The molecule has 25 heavy (non-hydrogen) atoms. The molecule has 0 saturated heterocycles. The van der Waals surface area contributed by atoms with Crippen molar-refractivity contribution in [2.75, 3.05) is 5.75 Å². The smallest absolute Gasteiger partial charge is 0.336 e. The van der Waals surface area contributed by atoms with E-state index in [2.05, 4.69) is 0 Å². The molecule has 1 aromatic carbocycles. The van der Waals surface area contributed by atoms with Crippen molar-refractivity contribution >= 4 is 26.8 Å². The fourth-order valence-electron chi connectivity index (χ4n) is 2.84. The van der Waals surface area contributed by atoms with Gasteiger partial charge in [-0.3, -0.25) is 4.79 Å². The fraction of sp³-hybridized carbons (Fsp3) is 0.333. The van der Waals surface area contributed by atoms with Gasteiger partial charge in [0.15, 0.2) is 9.84 Å². The molecule has 2 heterocycles. The zero-order valence-corrected chi connectivity index (χ0v) is 14.8. The lowest BCUT2D eigenvalue weighted by Crippen LogP contribution is -2.14. The molecule has 0 fully saturated rings. The Labute approximate surface area is 145 Å². The summed E-state index contributed by atoms with van der Waals surface area (Å²) in [6.07, 6.45) is 1.50. The Morgan fingerprint density at radius 3 is 2.76 bits per heavy atom. The van der Waals surface area contributed by atoms with Crippen molar-refractivity contribution in [2.45, 2.75) is 26.9 Å². The number of carbonyl (C=O) groups excluding carboxylic acids is 1. The average molecular weight is 362 g/mol. The molecule has 7 heteroatoms. The first-order chi connectivity index (χ1) is 11.7. The van der Waals surface area contributed by atoms with Crippen LogP contribution in [-0.2, 0) is 26.0 Å². The van der Waals surface area contributed by atoms with E-state index in [4.69, 9.17) is 9.15 Å². The number of benzene rings is 1. The monoisotopic (exact) mass is 362 g/mol. The van der Waals surface area contributed by atoms with Gasteiger partial charge < -0.3 is 9.15 Å². The molecule has 0 saturated carbocycles. The highest BCUT2D eigenvalue weighted by molar-refractivity contribution is 7.94. The van der Waals surface area contributed by atoms with E-state index in [-0.39, 0.29) is 24.7 Å². The number of fused-ring (bicyclic) bond motifs is 1. The molecule has 132 valence electrons. The lowest BCUT2D eigenvalue weighted by Gasteiger charge is -2.11. The first-order valence-corrected chi connectivity index (χ1v) is 9.56. The van der Waals surface area contributed by atoms with Crippen LogP contribution in [0, 0.1) is 19.8 Å². The van der Waals surface area contributed by atoms with Crippen molar-refractivity contribution in [3.05, 3.63) is 56.8 Å². The summed E-state index contributed by atoms with van der Waals surface area (Å²) in [4.78, 5) is 23.8. The van der Waals surface area contributed by atoms with Gasteiger partial charge in [0.05, 0.1) is 12.2 Å². The van der Waals surface area contributed by atoms with E-state index in [9.17, 15) is 18.0 Å². The second-order valence-electron chi connectivity index (χ2n) is 6.26. The van der Waals surface area contributed by atoms with Crippen LogP contribution in [0.2, 0.25) is 0 Å². The normalized spacial score (nSPS) is 18.6. The number of hydrogen-bond donors (Lipinski definition) is 0. The van der Waals surface area contributed by atoms with E-state index >= 15 is 0 Å². The predicted octanol–water partition coefficient (Wildman–Crippen LogP) is 2.40. The topological polar surface area (TPSA) is 90.7 Å². The predicted molar refractivity (Wildman–Crippen MR) is 92.8 cm³/mol. The fourth-order valence-corrected chi connectivity index (χ4v) is 4.24. The lowest BCUT2D eigenvalue weighted by molar-refractivity contribution is -0.145. The van der Waals surface area contributed by atoms with Gasteiger partial charge in [-0.05, 0) is 25.0 Å². The third kappa shape index (κ3) is 3.82. The second kappa shape index (κ2) is 6.48. The van der Waals surface area contributed by atoms with Gasteiger partial charge in [0, 0.05) is 28.3 Å². The Hall–Kier alpha value is -2.41. The van der Waals surface area contributed by atoms with Gasteiger partial charge in [-0.2, -0.15) is 0 Å². The van der Waals surface area contributed by atoms with Gasteiger partial charge in [-0.15, -0.1) is 0 Å². The maximum Gasteiger partial charge on any atom is 0.336 e. The molecule has 3 rings (SSSR count). The van der Waals surface area contributed by atoms with E-state index < -0.39 is 21.4 Å². The molecule has 0 radical (unpaired) electrons. The van der Waals surface area contributed by atoms with Crippen LogP contribution >= 0.6 is 0 Å². The van der Waals surface area contributed by atoms with E-state index in [1.54, 1.807) is 0 Å². The summed E-state index contributed by atoms with van der Waals surface area (Å²) >= 11 is 0. The van der Waals surface area contributed by atoms with Crippen LogP contribution in [0.25, 0.3) is 11.0 Å². The third-order valence-electron chi connectivity index (χ3n) is 4.34. The molecule has 2 aromatic rings. The Balaban J connectivity index is 1.75. The number of ether oxygens (including phenoxy) is 1. The van der Waals surface area contributed by atoms with Crippen LogP contribution in [-0.4, -0.2) is 20.1 Å². The molecule has 0 unspecified atom stereocenters. The molecule has 0 N–H and O–H groups in total. The molecule has 1 aliphatic heterocycles. The summed E-state index contributed by atoms with van der Waals surface area (Å²) in [5, 5.41) is 1.85. The standard InChI is InChI=1S/C18H18O6S/c1-11-3-4-15-14(8-17(20)24-18(15)12(11)2)9-23-16(19)7-13-5-6-25(21,22)10-13/h3-6,8,13H,7,9-10H2,1-2H3/t13-/m0/s1. The quantitative estimate of drug-likeness (QED) is 0.613. The number of esters is 1. The molecule has 1 atom stereocenters. The first-order valence-electron chi connectivity index (χ1n) is 7.85. The van der Waals surface area contributed by atoms with Gasteiger partial charge in [-0.1, -0.05) is 18.2 Å². The summed E-state index contributed by atoms with van der Waals surface area (Å²) in [6.45, 7) is 3.72. The van der Waals surface area contributed by atoms with Gasteiger partial charge in [0.2, 0.25) is 0 Å². The number of hydrogen-bond acceptors (Lipinski definition) is 6. The van der Waals surface area contributed by atoms with Crippen LogP contribution in [0.5, 0.6) is 0 Å². The van der Waals surface area contributed by atoms with Gasteiger partial charge >= 0.3 is 11.6 Å². The zero-order chi connectivity index (χ0) is 18.2. The van der Waals surface area contributed by atoms with Crippen LogP contribution in [0.1, 0.15) is 23.1 Å². The van der Waals surface area contributed by atoms with Crippen molar-refractivity contribution in [3.63, 3.8) is 0 Å². The van der Waals surface area contributed by atoms with Crippen molar-refractivity contribution < 1.29 is 22.4 Å². The van der Waals surface area contributed by atoms with E-state index in [0.29, 0.717) is 11.1 Å². The minimum Gasteiger partial charge on any atom is -0.461 e. The van der Waals surface area contributed by atoms with Crippen molar-refractivity contribution in [3.8, 4) is 0 Å². The zero-order valence-electron chi connectivity index (χ0n) is 13.9. The molecule has 1 aliphatic rings. The molecular weight excluding hydrogens is 344 g/mol. The molecule has 0 bridgehead atoms. The number of carbonyl (C=O) groups is 1. The van der Waals surface area contributed by atoms with Crippen molar-refractivity contribution in [2.24, 2.45) is 5.92 Å². The third-order valence-corrected chi connectivity index (χ3v) is 5.80. The minimum absolute atomic E-state index is 0.00671. The molecule has 6 nitrogen and oxygen atoms in total. The Morgan fingerprint density at radius 1 is 1.32 bits per heavy atom. The van der Waals surface area contributed by atoms with Gasteiger partial charge in [0.1, 0.15) is 12.2 Å². The largest absolute Gasteiger partial charge is 0.461 e. The van der Waals surface area contributed by atoms with Crippen LogP contribution < -0.4 is 5.63 Å². The highest BCUT2D eigenvalue weighted by Gasteiger charge is 2.24. The van der Waals surface area contributed by atoms with E-state index in [1.807, 2.05) is 26.0 Å². The molecule has 0 amide bonds. The maximum atomic E-state index is 12.0. The Bertz CT molecular complexity index is 1030. The summed E-state index contributed by atoms with van der Waals surface area (Å²) in [5.41, 5.74) is 2.42. The maximum absolute atomic E-state index is 12.0. The Morgan fingerprint density at radius 2 is 2.08 bits per heavy atom. The Kier molecular flexibility index (Phi) is 4.51. The van der Waals surface area contributed by atoms with Crippen LogP contribution in [0.15, 0.2) is 38.9 Å². The van der Waals surface area contributed by atoms with Gasteiger partial charge in [0.25, 0.3) is 0 Å². The van der Waals surface area contributed by atoms with Gasteiger partial charge in [-0.25, -0.2) is 13.2 Å². The number of aryl methyl sites for hydroxylation is 2. The highest BCUT2D eigenvalue weighted by Crippen LogP contribution is 2.24. The summed E-state index contributed by atoms with van der Waals surface area (Å²) in [7, 11) is -3.19. The lowest BCUT2D eigenvalue weighted by atomic mass is 10.0. The number of sulfone groups is 1. The van der Waals surface area contributed by atoms with Crippen molar-refractivity contribution in [1.29, 1.82) is 0 Å². The molecular formula is C18H18O6S. The average Bonchev–Trinajstić information content (AvgIpc) is 2.87. The minimum atomic E-state index is -3.19. The molecule has 0 spiro atoms. The number of rotatable bonds is 4. The van der Waals surface area contributed by atoms with Crippen LogP contribution in [0.4, 0.5) is 0 Å². The second-order valence-corrected chi connectivity index (χ2v) is 8.19. The molecule has 0 aliphatic carbocycles. The van der Waals surface area contributed by atoms with Crippen molar-refractivity contribution in [1.82, 2.24) is 0 Å². The SMILES string of the molecule is Cc1ccc2c(COC(=O)C[C@@H]3C=CS(=O)(=O)C3)cc(=O)oc2c1C. The molecule has 1 aromatic heterocycles.